The van der Waals surface area contributed by atoms with Gasteiger partial charge in [0.25, 0.3) is 0 Å². The van der Waals surface area contributed by atoms with E-state index >= 15 is 0 Å². The molecule has 2 rings (SSSR count). The number of aromatic nitrogens is 3. The summed E-state index contributed by atoms with van der Waals surface area (Å²) in [6.45, 7) is 0.456. The molecule has 0 fully saturated rings. The fourth-order valence-corrected chi connectivity index (χ4v) is 1.97. The van der Waals surface area contributed by atoms with Gasteiger partial charge in [0.15, 0.2) is 0 Å². The Labute approximate surface area is 90.1 Å². The second-order valence-electron chi connectivity index (χ2n) is 2.62. The van der Waals surface area contributed by atoms with Crippen molar-refractivity contribution in [2.75, 3.05) is 7.11 Å². The number of rotatable bonds is 3. The molecular formula is C8H8ClN3OS. The summed E-state index contributed by atoms with van der Waals surface area (Å²) in [6, 6.07) is 1.77. The molecule has 14 heavy (non-hydrogen) atoms. The van der Waals surface area contributed by atoms with Crippen LogP contribution in [0.1, 0.15) is 5.69 Å². The first-order valence-corrected chi connectivity index (χ1v) is 5.20. The van der Waals surface area contributed by atoms with E-state index in [9.17, 15) is 0 Å². The Morgan fingerprint density at radius 2 is 2.50 bits per heavy atom. The van der Waals surface area contributed by atoms with E-state index in [1.54, 1.807) is 24.1 Å². The molecule has 0 N–H and O–H groups in total. The van der Waals surface area contributed by atoms with Crippen molar-refractivity contribution < 1.29 is 4.74 Å². The van der Waals surface area contributed by atoms with E-state index < -0.39 is 0 Å². The van der Waals surface area contributed by atoms with Crippen LogP contribution in [0.2, 0.25) is 5.15 Å². The number of thiazole rings is 1. The summed E-state index contributed by atoms with van der Waals surface area (Å²) in [5.74, 6) is 0. The van der Waals surface area contributed by atoms with Gasteiger partial charge in [0.2, 0.25) is 5.13 Å². The zero-order valence-electron chi connectivity index (χ0n) is 7.48. The van der Waals surface area contributed by atoms with Gasteiger partial charge in [-0.3, -0.25) is 0 Å². The highest BCUT2D eigenvalue weighted by Crippen LogP contribution is 2.18. The third-order valence-electron chi connectivity index (χ3n) is 1.61. The lowest BCUT2D eigenvalue weighted by Gasteiger charge is -1.95. The lowest BCUT2D eigenvalue weighted by atomic mass is 10.5. The maximum atomic E-state index is 5.98. The normalized spacial score (nSPS) is 10.7. The minimum atomic E-state index is 0.456. The van der Waals surface area contributed by atoms with Crippen molar-refractivity contribution in [3.05, 3.63) is 28.5 Å². The molecule has 2 heterocycles. The highest BCUT2D eigenvalue weighted by molar-refractivity contribution is 7.12. The minimum Gasteiger partial charge on any atom is -0.378 e. The fraction of sp³-hybridized carbons (Fsp3) is 0.250. The maximum Gasteiger partial charge on any atom is 0.211 e. The maximum absolute atomic E-state index is 5.98. The SMILES string of the molecule is COCc1cc(Cl)n(-c2nccs2)n1. The third-order valence-corrected chi connectivity index (χ3v) is 2.63. The van der Waals surface area contributed by atoms with Crippen molar-refractivity contribution in [3.63, 3.8) is 0 Å². The average Bonchev–Trinajstić information content (AvgIpc) is 2.74. The average molecular weight is 230 g/mol. The number of hydrogen-bond acceptors (Lipinski definition) is 4. The molecule has 0 radical (unpaired) electrons. The van der Waals surface area contributed by atoms with Crippen molar-refractivity contribution in [3.8, 4) is 5.13 Å². The fourth-order valence-electron chi connectivity index (χ4n) is 1.08. The first-order valence-electron chi connectivity index (χ1n) is 3.94. The number of ether oxygens (including phenoxy) is 1. The van der Waals surface area contributed by atoms with Crippen LogP contribution in [-0.4, -0.2) is 21.9 Å². The molecule has 0 aliphatic carbocycles. The molecule has 0 bridgehead atoms. The molecule has 0 unspecified atom stereocenters. The van der Waals surface area contributed by atoms with Gasteiger partial charge in [-0.1, -0.05) is 11.6 Å². The zero-order chi connectivity index (χ0) is 9.97. The number of nitrogens with zero attached hydrogens (tertiary/aromatic N) is 3. The Morgan fingerprint density at radius 3 is 3.14 bits per heavy atom. The van der Waals surface area contributed by atoms with Crippen molar-refractivity contribution >= 4 is 22.9 Å². The van der Waals surface area contributed by atoms with Crippen LogP contribution in [0.3, 0.4) is 0 Å². The van der Waals surface area contributed by atoms with E-state index in [2.05, 4.69) is 10.1 Å². The van der Waals surface area contributed by atoms with E-state index in [1.807, 2.05) is 5.38 Å². The van der Waals surface area contributed by atoms with E-state index in [0.29, 0.717) is 11.8 Å². The van der Waals surface area contributed by atoms with Gasteiger partial charge >= 0.3 is 0 Å². The molecule has 74 valence electrons. The van der Waals surface area contributed by atoms with Crippen molar-refractivity contribution in [2.45, 2.75) is 6.61 Å². The molecule has 2 aromatic heterocycles. The van der Waals surface area contributed by atoms with E-state index in [1.165, 1.54) is 11.3 Å². The smallest absolute Gasteiger partial charge is 0.211 e. The topological polar surface area (TPSA) is 39.9 Å². The van der Waals surface area contributed by atoms with Crippen molar-refractivity contribution in [2.24, 2.45) is 0 Å². The molecule has 0 aromatic carbocycles. The van der Waals surface area contributed by atoms with Crippen LogP contribution in [0.15, 0.2) is 17.6 Å². The van der Waals surface area contributed by atoms with Crippen molar-refractivity contribution in [1.82, 2.24) is 14.8 Å². The molecule has 0 aliphatic rings. The summed E-state index contributed by atoms with van der Waals surface area (Å²) in [5.41, 5.74) is 0.799. The molecule has 0 saturated heterocycles. The lowest BCUT2D eigenvalue weighted by molar-refractivity contribution is 0.181. The van der Waals surface area contributed by atoms with E-state index in [-0.39, 0.29) is 0 Å². The van der Waals surface area contributed by atoms with Gasteiger partial charge in [0.1, 0.15) is 5.15 Å². The van der Waals surface area contributed by atoms with Crippen LogP contribution >= 0.6 is 22.9 Å². The predicted molar refractivity (Wildman–Crippen MR) is 55.0 cm³/mol. The van der Waals surface area contributed by atoms with Gasteiger partial charge in [-0.25, -0.2) is 4.98 Å². The summed E-state index contributed by atoms with van der Waals surface area (Å²) in [4.78, 5) is 4.11. The summed E-state index contributed by atoms with van der Waals surface area (Å²) in [6.07, 6.45) is 1.72. The molecule has 0 atom stereocenters. The van der Waals surface area contributed by atoms with Crippen LogP contribution in [0.4, 0.5) is 0 Å². The predicted octanol–water partition coefficient (Wildman–Crippen LogP) is 2.13. The van der Waals surface area contributed by atoms with Gasteiger partial charge < -0.3 is 4.74 Å². The first-order chi connectivity index (χ1) is 6.81. The molecular weight excluding hydrogens is 222 g/mol. The quantitative estimate of drug-likeness (QED) is 0.810. The summed E-state index contributed by atoms with van der Waals surface area (Å²) >= 11 is 7.47. The largest absolute Gasteiger partial charge is 0.378 e. The molecule has 0 amide bonds. The van der Waals surface area contributed by atoms with Crippen LogP contribution in [0.5, 0.6) is 0 Å². The van der Waals surface area contributed by atoms with Crippen molar-refractivity contribution in [1.29, 1.82) is 0 Å². The molecule has 0 spiro atoms. The van der Waals surface area contributed by atoms with Crippen LogP contribution < -0.4 is 0 Å². The number of hydrogen-bond donors (Lipinski definition) is 0. The highest BCUT2D eigenvalue weighted by Gasteiger charge is 2.08. The van der Waals surface area contributed by atoms with E-state index in [0.717, 1.165) is 10.8 Å². The Morgan fingerprint density at radius 1 is 1.64 bits per heavy atom. The minimum absolute atomic E-state index is 0.456. The number of halogens is 1. The van der Waals surface area contributed by atoms with Crippen LogP contribution in [0, 0.1) is 0 Å². The Kier molecular flexibility index (Phi) is 2.81. The van der Waals surface area contributed by atoms with Gasteiger partial charge in [-0.2, -0.15) is 9.78 Å². The highest BCUT2D eigenvalue weighted by atomic mass is 35.5. The Bertz CT molecular complexity index is 412. The van der Waals surface area contributed by atoms with Gasteiger partial charge in [0.05, 0.1) is 12.3 Å². The lowest BCUT2D eigenvalue weighted by Crippen LogP contribution is -1.97. The summed E-state index contributed by atoms with van der Waals surface area (Å²) in [5, 5.41) is 7.44. The monoisotopic (exact) mass is 229 g/mol. The molecule has 6 heteroatoms. The molecule has 2 aromatic rings. The Balaban J connectivity index is 2.35. The molecule has 0 aliphatic heterocycles. The number of methoxy groups -OCH3 is 1. The summed E-state index contributed by atoms with van der Waals surface area (Å²) in [7, 11) is 1.62. The van der Waals surface area contributed by atoms with Gasteiger partial charge in [0, 0.05) is 24.8 Å². The first kappa shape index (κ1) is 9.64. The Hall–Kier alpha value is -0.910. The van der Waals surface area contributed by atoms with E-state index in [4.69, 9.17) is 16.3 Å². The second-order valence-corrected chi connectivity index (χ2v) is 3.88. The second kappa shape index (κ2) is 4.08. The molecule has 0 saturated carbocycles. The van der Waals surface area contributed by atoms with Gasteiger partial charge in [-0.15, -0.1) is 11.3 Å². The molecule has 4 nitrogen and oxygen atoms in total. The third kappa shape index (κ3) is 1.79. The van der Waals surface area contributed by atoms with Crippen LogP contribution in [-0.2, 0) is 11.3 Å². The van der Waals surface area contributed by atoms with Gasteiger partial charge in [-0.05, 0) is 0 Å². The zero-order valence-corrected chi connectivity index (χ0v) is 9.05. The van der Waals surface area contributed by atoms with Crippen LogP contribution in [0.25, 0.3) is 5.13 Å². The standard InChI is InChI=1S/C8H8ClN3OS/c1-13-5-6-4-7(9)12(11-6)8-10-2-3-14-8/h2-4H,5H2,1H3. The summed E-state index contributed by atoms with van der Waals surface area (Å²) < 4.78 is 6.56.